The van der Waals surface area contributed by atoms with Gasteiger partial charge in [0.1, 0.15) is 0 Å². The van der Waals surface area contributed by atoms with Gasteiger partial charge in [-0.1, -0.05) is 6.07 Å². The van der Waals surface area contributed by atoms with Crippen molar-refractivity contribution < 1.29 is 14.2 Å². The van der Waals surface area contributed by atoms with Crippen LogP contribution in [0.15, 0.2) is 24.5 Å². The Bertz CT molecular complexity index is 464. The van der Waals surface area contributed by atoms with E-state index in [1.807, 2.05) is 12.3 Å². The van der Waals surface area contributed by atoms with E-state index in [1.165, 1.54) is 0 Å². The van der Waals surface area contributed by atoms with Crippen LogP contribution in [0.5, 0.6) is 0 Å². The maximum absolute atomic E-state index is 6.19. The Morgan fingerprint density at radius 2 is 2.29 bits per heavy atom. The molecule has 5 heteroatoms. The van der Waals surface area contributed by atoms with Gasteiger partial charge in [-0.05, 0) is 18.1 Å². The molecule has 0 aromatic carbocycles. The zero-order valence-electron chi connectivity index (χ0n) is 12.2. The summed E-state index contributed by atoms with van der Waals surface area (Å²) >= 11 is 0. The molecule has 21 heavy (non-hydrogen) atoms. The molecule has 4 atom stereocenters. The quantitative estimate of drug-likeness (QED) is 0.830. The molecule has 0 unspecified atom stereocenters. The van der Waals surface area contributed by atoms with E-state index in [1.54, 1.807) is 6.20 Å². The molecule has 1 aromatic heterocycles. The molecule has 3 aliphatic heterocycles. The van der Waals surface area contributed by atoms with Crippen LogP contribution >= 0.6 is 0 Å². The summed E-state index contributed by atoms with van der Waals surface area (Å²) in [7, 11) is 0. The number of aromatic nitrogens is 1. The summed E-state index contributed by atoms with van der Waals surface area (Å²) in [5.41, 5.74) is 1.13. The minimum atomic E-state index is 0.262. The SMILES string of the molecule is c1cncc(CO[C@H]2CN([C@@H]3CCOC3)[C@@H]3COC[C@H]23)c1. The molecule has 5 nitrogen and oxygen atoms in total. The Hall–Kier alpha value is -1.01. The van der Waals surface area contributed by atoms with Gasteiger partial charge in [0.05, 0.1) is 32.5 Å². The zero-order valence-corrected chi connectivity index (χ0v) is 12.2. The number of ether oxygens (including phenoxy) is 3. The Kier molecular flexibility index (Phi) is 3.90. The van der Waals surface area contributed by atoms with Crippen molar-refractivity contribution in [2.24, 2.45) is 5.92 Å². The predicted octanol–water partition coefficient (Wildman–Crippen LogP) is 1.09. The molecule has 114 valence electrons. The Morgan fingerprint density at radius 3 is 3.10 bits per heavy atom. The molecular formula is C16H22N2O3. The third-order valence-electron chi connectivity index (χ3n) is 4.95. The number of rotatable bonds is 4. The number of hydrogen-bond acceptors (Lipinski definition) is 5. The molecule has 0 aliphatic carbocycles. The predicted molar refractivity (Wildman–Crippen MR) is 76.8 cm³/mol. The fourth-order valence-electron chi connectivity index (χ4n) is 3.80. The van der Waals surface area contributed by atoms with Crippen molar-refractivity contribution in [3.05, 3.63) is 30.1 Å². The van der Waals surface area contributed by atoms with Crippen LogP contribution in [-0.4, -0.2) is 61.0 Å². The maximum Gasteiger partial charge on any atom is 0.0772 e. The largest absolute Gasteiger partial charge is 0.380 e. The van der Waals surface area contributed by atoms with Gasteiger partial charge < -0.3 is 14.2 Å². The van der Waals surface area contributed by atoms with Crippen molar-refractivity contribution in [2.45, 2.75) is 31.2 Å². The molecule has 4 heterocycles. The minimum Gasteiger partial charge on any atom is -0.380 e. The van der Waals surface area contributed by atoms with Gasteiger partial charge in [0.2, 0.25) is 0 Å². The average molecular weight is 290 g/mol. The Labute approximate surface area is 125 Å². The van der Waals surface area contributed by atoms with Gasteiger partial charge >= 0.3 is 0 Å². The van der Waals surface area contributed by atoms with Gasteiger partial charge in [-0.25, -0.2) is 0 Å². The molecule has 3 fully saturated rings. The number of likely N-dealkylation sites (tertiary alicyclic amines) is 1. The summed E-state index contributed by atoms with van der Waals surface area (Å²) in [6.45, 7) is 5.06. The van der Waals surface area contributed by atoms with E-state index >= 15 is 0 Å². The highest BCUT2D eigenvalue weighted by molar-refractivity contribution is 5.07. The second kappa shape index (κ2) is 6.01. The van der Waals surface area contributed by atoms with Crippen LogP contribution in [0, 0.1) is 5.92 Å². The first-order valence-corrected chi connectivity index (χ1v) is 7.83. The van der Waals surface area contributed by atoms with Gasteiger partial charge in [0.15, 0.2) is 0 Å². The van der Waals surface area contributed by atoms with Crippen molar-refractivity contribution in [1.29, 1.82) is 0 Å². The van der Waals surface area contributed by atoms with Gasteiger partial charge in [-0.2, -0.15) is 0 Å². The highest BCUT2D eigenvalue weighted by Gasteiger charge is 2.48. The average Bonchev–Trinajstić information content (AvgIpc) is 3.24. The van der Waals surface area contributed by atoms with Gasteiger partial charge in [-0.15, -0.1) is 0 Å². The molecule has 4 rings (SSSR count). The number of fused-ring (bicyclic) bond motifs is 1. The van der Waals surface area contributed by atoms with E-state index in [9.17, 15) is 0 Å². The fourth-order valence-corrected chi connectivity index (χ4v) is 3.80. The maximum atomic E-state index is 6.19. The van der Waals surface area contributed by atoms with Gasteiger partial charge in [0, 0.05) is 43.5 Å². The molecule has 0 bridgehead atoms. The van der Waals surface area contributed by atoms with Crippen LogP contribution in [0.4, 0.5) is 0 Å². The molecule has 0 spiro atoms. The summed E-state index contributed by atoms with van der Waals surface area (Å²) in [5.74, 6) is 0.502. The van der Waals surface area contributed by atoms with E-state index in [0.717, 1.165) is 45.0 Å². The smallest absolute Gasteiger partial charge is 0.0772 e. The van der Waals surface area contributed by atoms with Crippen LogP contribution < -0.4 is 0 Å². The van der Waals surface area contributed by atoms with Crippen molar-refractivity contribution in [3.63, 3.8) is 0 Å². The fraction of sp³-hybridized carbons (Fsp3) is 0.688. The number of hydrogen-bond donors (Lipinski definition) is 0. The van der Waals surface area contributed by atoms with Gasteiger partial charge in [-0.3, -0.25) is 9.88 Å². The molecule has 0 N–H and O–H groups in total. The molecule has 0 saturated carbocycles. The lowest BCUT2D eigenvalue weighted by Crippen LogP contribution is -2.41. The van der Waals surface area contributed by atoms with Crippen molar-refractivity contribution in [3.8, 4) is 0 Å². The first-order chi connectivity index (χ1) is 10.4. The lowest BCUT2D eigenvalue weighted by molar-refractivity contribution is 0.00576. The third kappa shape index (κ3) is 2.71. The van der Waals surface area contributed by atoms with Crippen LogP contribution in [0.25, 0.3) is 0 Å². The Balaban J connectivity index is 1.41. The normalized spacial score (nSPS) is 36.2. The molecular weight excluding hydrogens is 268 g/mol. The standard InChI is InChI=1S/C16H22N2O3/c1-2-12(6-17-4-1)8-21-16-7-18(13-3-5-19-9-13)15-11-20-10-14(15)16/h1-2,4,6,13-16H,3,5,7-11H2/t13-,14+,15-,16+/m1/s1. The first kappa shape index (κ1) is 13.6. The molecule has 0 amide bonds. The van der Waals surface area contributed by atoms with Crippen LogP contribution in [0.3, 0.4) is 0 Å². The zero-order chi connectivity index (χ0) is 14.1. The highest BCUT2D eigenvalue weighted by Crippen LogP contribution is 2.35. The summed E-state index contributed by atoms with van der Waals surface area (Å²) < 4.78 is 17.4. The highest BCUT2D eigenvalue weighted by atomic mass is 16.5. The summed E-state index contributed by atoms with van der Waals surface area (Å²) in [4.78, 5) is 6.71. The van der Waals surface area contributed by atoms with E-state index in [2.05, 4.69) is 16.0 Å². The molecule has 0 radical (unpaired) electrons. The minimum absolute atomic E-state index is 0.262. The summed E-state index contributed by atoms with van der Waals surface area (Å²) in [6.07, 6.45) is 5.07. The van der Waals surface area contributed by atoms with Crippen molar-refractivity contribution in [1.82, 2.24) is 9.88 Å². The Morgan fingerprint density at radius 1 is 1.29 bits per heavy atom. The van der Waals surface area contributed by atoms with E-state index < -0.39 is 0 Å². The summed E-state index contributed by atoms with van der Waals surface area (Å²) in [6, 6.07) is 5.08. The topological polar surface area (TPSA) is 43.8 Å². The van der Waals surface area contributed by atoms with E-state index in [-0.39, 0.29) is 6.10 Å². The van der Waals surface area contributed by atoms with Gasteiger partial charge in [0.25, 0.3) is 0 Å². The first-order valence-electron chi connectivity index (χ1n) is 7.83. The monoisotopic (exact) mass is 290 g/mol. The number of pyridine rings is 1. The molecule has 1 aromatic rings. The lowest BCUT2D eigenvalue weighted by Gasteiger charge is -2.27. The van der Waals surface area contributed by atoms with Crippen LogP contribution in [0.1, 0.15) is 12.0 Å². The molecule has 3 saturated heterocycles. The van der Waals surface area contributed by atoms with Crippen molar-refractivity contribution >= 4 is 0 Å². The lowest BCUT2D eigenvalue weighted by atomic mass is 10.0. The third-order valence-corrected chi connectivity index (χ3v) is 4.95. The van der Waals surface area contributed by atoms with Crippen molar-refractivity contribution in [2.75, 3.05) is 33.0 Å². The number of nitrogens with zero attached hydrogens (tertiary/aromatic N) is 2. The summed E-state index contributed by atoms with van der Waals surface area (Å²) in [5, 5.41) is 0. The van der Waals surface area contributed by atoms with Crippen LogP contribution in [-0.2, 0) is 20.8 Å². The second-order valence-electron chi connectivity index (χ2n) is 6.19. The van der Waals surface area contributed by atoms with E-state index in [4.69, 9.17) is 14.2 Å². The second-order valence-corrected chi connectivity index (χ2v) is 6.19. The molecule has 3 aliphatic rings. The van der Waals surface area contributed by atoms with Crippen LogP contribution in [0.2, 0.25) is 0 Å². The van der Waals surface area contributed by atoms with E-state index in [0.29, 0.717) is 24.6 Å².